The summed E-state index contributed by atoms with van der Waals surface area (Å²) in [7, 11) is 0. The Kier molecular flexibility index (Phi) is 8.53. The van der Waals surface area contributed by atoms with Crippen LogP contribution in [-0.4, -0.2) is 0 Å². The van der Waals surface area contributed by atoms with Crippen LogP contribution in [0, 0.1) is 0 Å². The molecule has 0 saturated heterocycles. The van der Waals surface area contributed by atoms with Crippen molar-refractivity contribution in [2.75, 3.05) is 4.90 Å². The topological polar surface area (TPSA) is 16.4 Å². The molecular formula is C60H39NO. The van der Waals surface area contributed by atoms with E-state index in [1.54, 1.807) is 0 Å². The van der Waals surface area contributed by atoms with E-state index in [0.717, 1.165) is 50.1 Å². The molecule has 2 heteroatoms. The van der Waals surface area contributed by atoms with E-state index >= 15 is 0 Å². The van der Waals surface area contributed by atoms with Crippen LogP contribution in [0.5, 0.6) is 0 Å². The lowest BCUT2D eigenvalue weighted by molar-refractivity contribution is 0.670. The van der Waals surface area contributed by atoms with Crippen molar-refractivity contribution in [2.24, 2.45) is 0 Å². The molecule has 0 atom stereocenters. The molecule has 12 rings (SSSR count). The molecule has 0 unspecified atom stereocenters. The Balaban J connectivity index is 0.915. The van der Waals surface area contributed by atoms with Crippen molar-refractivity contribution in [2.45, 2.75) is 0 Å². The summed E-state index contributed by atoms with van der Waals surface area (Å²) in [4.78, 5) is 2.35. The standard InChI is InChI=1S/C60H39NO/c1-3-13-50-42(10-1)12-7-16-51(50)44-24-22-40(23-25-44)41-26-33-47(34-27-41)61(49-37-30-46(31-38-49)54-18-9-20-58-57-15-5-6-21-59(57)62-60(54)58)48-35-28-45(29-36-48)53-17-8-19-55-52-14-4-2-11-43(52)32-39-56(53)55/h1-39H. The minimum Gasteiger partial charge on any atom is -0.455 e. The van der Waals surface area contributed by atoms with Crippen molar-refractivity contribution in [1.29, 1.82) is 0 Å². The van der Waals surface area contributed by atoms with Crippen LogP contribution < -0.4 is 4.90 Å². The summed E-state index contributed by atoms with van der Waals surface area (Å²) in [6.45, 7) is 0. The zero-order valence-corrected chi connectivity index (χ0v) is 33.9. The number of fused-ring (bicyclic) bond motifs is 7. The van der Waals surface area contributed by atoms with Gasteiger partial charge in [0.1, 0.15) is 11.2 Å². The Bertz CT molecular complexity index is 3590. The summed E-state index contributed by atoms with van der Waals surface area (Å²) in [5.74, 6) is 0. The van der Waals surface area contributed by atoms with Gasteiger partial charge in [0, 0.05) is 33.4 Å². The van der Waals surface area contributed by atoms with Gasteiger partial charge in [-0.25, -0.2) is 0 Å². The summed E-state index contributed by atoms with van der Waals surface area (Å²) in [5, 5.41) is 9.85. The molecule has 0 aliphatic carbocycles. The van der Waals surface area contributed by atoms with Gasteiger partial charge in [0.05, 0.1) is 0 Å². The van der Waals surface area contributed by atoms with Gasteiger partial charge in [-0.1, -0.05) is 194 Å². The molecule has 0 radical (unpaired) electrons. The van der Waals surface area contributed by atoms with Crippen molar-refractivity contribution in [3.05, 3.63) is 237 Å². The van der Waals surface area contributed by atoms with Crippen LogP contribution in [-0.2, 0) is 0 Å². The molecule has 11 aromatic carbocycles. The van der Waals surface area contributed by atoms with Crippen LogP contribution in [0.15, 0.2) is 241 Å². The van der Waals surface area contributed by atoms with Crippen LogP contribution in [0.25, 0.3) is 98.8 Å². The van der Waals surface area contributed by atoms with E-state index in [0.29, 0.717) is 0 Å². The van der Waals surface area contributed by atoms with E-state index in [4.69, 9.17) is 4.42 Å². The molecule has 0 amide bonds. The van der Waals surface area contributed by atoms with Crippen molar-refractivity contribution >= 4 is 71.3 Å². The number of furan rings is 1. The van der Waals surface area contributed by atoms with E-state index in [1.165, 1.54) is 65.7 Å². The Morgan fingerprint density at radius 2 is 0.661 bits per heavy atom. The van der Waals surface area contributed by atoms with Gasteiger partial charge < -0.3 is 9.32 Å². The maximum atomic E-state index is 6.43. The lowest BCUT2D eigenvalue weighted by Crippen LogP contribution is -2.09. The van der Waals surface area contributed by atoms with Crippen LogP contribution in [0.1, 0.15) is 0 Å². The Morgan fingerprint density at radius 1 is 0.242 bits per heavy atom. The van der Waals surface area contributed by atoms with E-state index in [1.807, 2.05) is 12.1 Å². The maximum Gasteiger partial charge on any atom is 0.143 e. The van der Waals surface area contributed by atoms with Crippen LogP contribution in [0.4, 0.5) is 17.1 Å². The van der Waals surface area contributed by atoms with Crippen molar-refractivity contribution in [3.63, 3.8) is 0 Å². The molecule has 2 nitrogen and oxygen atoms in total. The first kappa shape index (κ1) is 35.7. The van der Waals surface area contributed by atoms with Gasteiger partial charge in [-0.05, 0) is 114 Å². The predicted molar refractivity (Wildman–Crippen MR) is 263 cm³/mol. The third-order valence-electron chi connectivity index (χ3n) is 12.5. The Hall–Kier alpha value is -8.20. The fraction of sp³-hybridized carbons (Fsp3) is 0. The smallest absolute Gasteiger partial charge is 0.143 e. The van der Waals surface area contributed by atoms with Gasteiger partial charge in [-0.2, -0.15) is 0 Å². The number of nitrogens with zero attached hydrogens (tertiary/aromatic N) is 1. The number of benzene rings is 11. The lowest BCUT2D eigenvalue weighted by Gasteiger charge is -2.26. The molecule has 1 aromatic heterocycles. The summed E-state index contributed by atoms with van der Waals surface area (Å²) < 4.78 is 6.43. The van der Waals surface area contributed by atoms with Gasteiger partial charge in [0.2, 0.25) is 0 Å². The van der Waals surface area contributed by atoms with Gasteiger partial charge in [0.15, 0.2) is 0 Å². The molecule has 0 spiro atoms. The zero-order chi connectivity index (χ0) is 41.0. The minimum atomic E-state index is 0.905. The first-order valence-corrected chi connectivity index (χ1v) is 21.2. The molecule has 0 bridgehead atoms. The maximum absolute atomic E-state index is 6.43. The first-order valence-electron chi connectivity index (χ1n) is 21.2. The van der Waals surface area contributed by atoms with E-state index in [-0.39, 0.29) is 0 Å². The molecule has 290 valence electrons. The predicted octanol–water partition coefficient (Wildman–Crippen LogP) is 17.2. The Labute approximate surface area is 360 Å². The molecule has 0 saturated carbocycles. The van der Waals surface area contributed by atoms with Crippen LogP contribution in [0.2, 0.25) is 0 Å². The third kappa shape index (κ3) is 6.12. The molecule has 12 aromatic rings. The molecule has 62 heavy (non-hydrogen) atoms. The molecular weight excluding hydrogens is 751 g/mol. The summed E-state index contributed by atoms with van der Waals surface area (Å²) in [6, 6.07) is 85.4. The van der Waals surface area contributed by atoms with E-state index in [9.17, 15) is 0 Å². The second kappa shape index (κ2) is 14.8. The second-order valence-corrected chi connectivity index (χ2v) is 16.0. The van der Waals surface area contributed by atoms with E-state index in [2.05, 4.69) is 229 Å². The normalized spacial score (nSPS) is 11.5. The van der Waals surface area contributed by atoms with Crippen LogP contribution in [0.3, 0.4) is 0 Å². The molecule has 0 N–H and O–H groups in total. The third-order valence-corrected chi connectivity index (χ3v) is 12.5. The first-order chi connectivity index (χ1) is 30.7. The average molecular weight is 790 g/mol. The van der Waals surface area contributed by atoms with Crippen molar-refractivity contribution < 1.29 is 4.42 Å². The van der Waals surface area contributed by atoms with E-state index < -0.39 is 0 Å². The van der Waals surface area contributed by atoms with Gasteiger partial charge in [-0.15, -0.1) is 0 Å². The molecule has 1 heterocycles. The van der Waals surface area contributed by atoms with Gasteiger partial charge in [-0.3, -0.25) is 0 Å². The molecule has 0 aliphatic heterocycles. The minimum absolute atomic E-state index is 0.905. The number of hydrogen-bond donors (Lipinski definition) is 0. The number of hydrogen-bond acceptors (Lipinski definition) is 2. The van der Waals surface area contributed by atoms with Gasteiger partial charge in [0.25, 0.3) is 0 Å². The van der Waals surface area contributed by atoms with Gasteiger partial charge >= 0.3 is 0 Å². The highest BCUT2D eigenvalue weighted by atomic mass is 16.3. The fourth-order valence-electron chi connectivity index (χ4n) is 9.42. The highest BCUT2D eigenvalue weighted by molar-refractivity contribution is 6.12. The monoisotopic (exact) mass is 789 g/mol. The quantitative estimate of drug-likeness (QED) is 0.150. The highest BCUT2D eigenvalue weighted by Crippen LogP contribution is 2.41. The van der Waals surface area contributed by atoms with Crippen LogP contribution >= 0.6 is 0 Å². The molecule has 0 fully saturated rings. The number of anilines is 3. The van der Waals surface area contributed by atoms with Crippen molar-refractivity contribution in [3.8, 4) is 44.5 Å². The summed E-state index contributed by atoms with van der Waals surface area (Å²) >= 11 is 0. The highest BCUT2D eigenvalue weighted by Gasteiger charge is 2.17. The fourth-order valence-corrected chi connectivity index (χ4v) is 9.42. The average Bonchev–Trinajstić information content (AvgIpc) is 3.74. The summed E-state index contributed by atoms with van der Waals surface area (Å²) in [5.41, 5.74) is 14.5. The Morgan fingerprint density at radius 3 is 1.32 bits per heavy atom. The molecule has 0 aliphatic rings. The number of para-hydroxylation sites is 2. The lowest BCUT2D eigenvalue weighted by atomic mass is 9.94. The zero-order valence-electron chi connectivity index (χ0n) is 33.9. The second-order valence-electron chi connectivity index (χ2n) is 16.0. The van der Waals surface area contributed by atoms with Crippen molar-refractivity contribution in [1.82, 2.24) is 0 Å². The largest absolute Gasteiger partial charge is 0.455 e. The summed E-state index contributed by atoms with van der Waals surface area (Å²) in [6.07, 6.45) is 0. The number of rotatable bonds is 7. The SMILES string of the molecule is c1ccc2c(-c3ccc(-c4ccc(N(c5ccc(-c6cccc7c6ccc6ccccc67)cc5)c5ccc(-c6cccc7c6oc6ccccc67)cc5)cc4)cc3)cccc2c1.